The number of hydrogen-bond donors (Lipinski definition) is 0. The van der Waals surface area contributed by atoms with Crippen molar-refractivity contribution in [3.63, 3.8) is 0 Å². The molecular formula is C61H41N. The zero-order valence-electron chi connectivity index (χ0n) is 34.1. The summed E-state index contributed by atoms with van der Waals surface area (Å²) < 4.78 is 0. The van der Waals surface area contributed by atoms with Gasteiger partial charge in [-0.15, -0.1) is 0 Å². The molecule has 0 fully saturated rings. The molecule has 0 saturated carbocycles. The van der Waals surface area contributed by atoms with Crippen LogP contribution in [0.3, 0.4) is 0 Å². The predicted octanol–water partition coefficient (Wildman–Crippen LogP) is 16.2. The zero-order valence-corrected chi connectivity index (χ0v) is 34.1. The van der Waals surface area contributed by atoms with Crippen molar-refractivity contribution in [2.75, 3.05) is 4.90 Å². The third-order valence-corrected chi connectivity index (χ3v) is 13.1. The average molecular weight is 788 g/mol. The van der Waals surface area contributed by atoms with Crippen LogP contribution in [-0.2, 0) is 5.41 Å². The molecule has 62 heavy (non-hydrogen) atoms. The zero-order chi connectivity index (χ0) is 41.0. The first kappa shape index (κ1) is 35.9. The Kier molecular flexibility index (Phi) is 8.47. The monoisotopic (exact) mass is 787 g/mol. The Hall–Kier alpha value is -8.00. The van der Waals surface area contributed by atoms with Gasteiger partial charge in [0.05, 0.1) is 5.41 Å². The molecule has 0 atom stereocenters. The topological polar surface area (TPSA) is 3.24 Å². The van der Waals surface area contributed by atoms with Crippen molar-refractivity contribution in [1.82, 2.24) is 0 Å². The summed E-state index contributed by atoms with van der Waals surface area (Å²) in [4.78, 5) is 2.36. The van der Waals surface area contributed by atoms with E-state index < -0.39 is 5.41 Å². The smallest absolute Gasteiger partial charge is 0.0725 e. The van der Waals surface area contributed by atoms with Crippen LogP contribution in [0.2, 0.25) is 0 Å². The molecule has 1 spiro atoms. The van der Waals surface area contributed by atoms with Crippen molar-refractivity contribution in [3.05, 3.63) is 271 Å². The van der Waals surface area contributed by atoms with Crippen molar-refractivity contribution >= 4 is 17.1 Å². The normalized spacial score (nSPS) is 12.6. The SMILES string of the molecule is c1ccc(-c2ccc(N(c3ccc(-c4ccccc4)cc3)c3ccc(-c4ccc5c(c4)C4(c6ccccc6-c6ccccc6-5)c5ccccc5-c5ccccc54)cc3)cc2)cc1. The minimum atomic E-state index is -0.511. The number of rotatable bonds is 6. The second-order valence-corrected chi connectivity index (χ2v) is 16.4. The van der Waals surface area contributed by atoms with Crippen molar-refractivity contribution in [1.29, 1.82) is 0 Å². The van der Waals surface area contributed by atoms with Gasteiger partial charge in [-0.1, -0.05) is 206 Å². The molecule has 2 aliphatic carbocycles. The summed E-state index contributed by atoms with van der Waals surface area (Å²) in [6, 6.07) is 91.6. The quantitative estimate of drug-likeness (QED) is 0.162. The fraction of sp³-hybridized carbons (Fsp3) is 0.0164. The first-order valence-corrected chi connectivity index (χ1v) is 21.5. The number of nitrogens with zero attached hydrogens (tertiary/aromatic N) is 1. The summed E-state index contributed by atoms with van der Waals surface area (Å²) in [6.07, 6.45) is 0. The van der Waals surface area contributed by atoms with E-state index in [2.05, 4.69) is 254 Å². The highest BCUT2D eigenvalue weighted by Gasteiger charge is 2.49. The number of benzene rings is 10. The molecule has 1 nitrogen and oxygen atoms in total. The molecule has 10 aromatic rings. The number of anilines is 3. The van der Waals surface area contributed by atoms with Crippen molar-refractivity contribution in [3.8, 4) is 66.8 Å². The first-order valence-electron chi connectivity index (χ1n) is 21.5. The number of hydrogen-bond acceptors (Lipinski definition) is 1. The summed E-state index contributed by atoms with van der Waals surface area (Å²) >= 11 is 0. The van der Waals surface area contributed by atoms with E-state index in [4.69, 9.17) is 0 Å². The van der Waals surface area contributed by atoms with Crippen LogP contribution in [0.15, 0.2) is 249 Å². The molecule has 12 rings (SSSR count). The fourth-order valence-corrected chi connectivity index (χ4v) is 10.3. The second kappa shape index (κ2) is 14.6. The standard InChI is InChI=1S/C61H41N/c1-3-15-42(16-4-1)44-27-34-48(35-28-44)62(49-36-29-45(30-37-49)43-17-5-2-6-18-43)50-38-31-46(32-39-50)47-33-40-56-52-20-8-7-19-51(52)53-21-9-12-24-57(53)61(60(56)41-47)58-25-13-10-22-54(58)55-23-11-14-26-59(55)61/h1-41H. The highest BCUT2D eigenvalue weighted by molar-refractivity contribution is 5.98. The maximum atomic E-state index is 2.49. The molecule has 0 bridgehead atoms. The first-order chi connectivity index (χ1) is 30.8. The van der Waals surface area contributed by atoms with Crippen LogP contribution in [0.5, 0.6) is 0 Å². The van der Waals surface area contributed by atoms with Gasteiger partial charge in [0.2, 0.25) is 0 Å². The Balaban J connectivity index is 1.01. The summed E-state index contributed by atoms with van der Waals surface area (Å²) in [5, 5.41) is 0. The summed E-state index contributed by atoms with van der Waals surface area (Å²) in [6.45, 7) is 0. The molecule has 2 aliphatic rings. The van der Waals surface area contributed by atoms with Crippen molar-refractivity contribution < 1.29 is 0 Å². The molecule has 10 aromatic carbocycles. The molecule has 0 heterocycles. The lowest BCUT2D eigenvalue weighted by molar-refractivity contribution is 0.776. The van der Waals surface area contributed by atoms with E-state index >= 15 is 0 Å². The van der Waals surface area contributed by atoms with Gasteiger partial charge >= 0.3 is 0 Å². The van der Waals surface area contributed by atoms with Crippen LogP contribution in [0.1, 0.15) is 22.3 Å². The van der Waals surface area contributed by atoms with E-state index in [-0.39, 0.29) is 0 Å². The summed E-state index contributed by atoms with van der Waals surface area (Å²) in [5.74, 6) is 0. The maximum absolute atomic E-state index is 2.49. The molecular weight excluding hydrogens is 747 g/mol. The van der Waals surface area contributed by atoms with Crippen LogP contribution in [0, 0.1) is 0 Å². The third kappa shape index (κ3) is 5.63. The third-order valence-electron chi connectivity index (χ3n) is 13.1. The minimum absolute atomic E-state index is 0.511. The Morgan fingerprint density at radius 3 is 0.919 bits per heavy atom. The highest BCUT2D eigenvalue weighted by Crippen LogP contribution is 2.61. The van der Waals surface area contributed by atoms with E-state index in [1.54, 1.807) is 0 Å². The molecule has 0 amide bonds. The van der Waals surface area contributed by atoms with E-state index in [1.807, 2.05) is 0 Å². The van der Waals surface area contributed by atoms with Gasteiger partial charge in [0.1, 0.15) is 0 Å². The molecule has 0 N–H and O–H groups in total. The van der Waals surface area contributed by atoms with E-state index in [1.165, 1.54) is 89.0 Å². The Morgan fingerprint density at radius 1 is 0.210 bits per heavy atom. The van der Waals surface area contributed by atoms with Gasteiger partial charge in [0.25, 0.3) is 0 Å². The second-order valence-electron chi connectivity index (χ2n) is 16.4. The van der Waals surface area contributed by atoms with E-state index in [9.17, 15) is 0 Å². The van der Waals surface area contributed by atoms with E-state index in [0.717, 1.165) is 17.1 Å². The molecule has 1 heteroatoms. The van der Waals surface area contributed by atoms with Gasteiger partial charge in [-0.3, -0.25) is 0 Å². The lowest BCUT2D eigenvalue weighted by atomic mass is 9.65. The lowest BCUT2D eigenvalue weighted by Crippen LogP contribution is -2.29. The lowest BCUT2D eigenvalue weighted by Gasteiger charge is -2.35. The van der Waals surface area contributed by atoms with Crippen LogP contribution in [0.25, 0.3) is 66.8 Å². The Labute approximate surface area is 363 Å². The number of fused-ring (bicyclic) bond motifs is 12. The van der Waals surface area contributed by atoms with Crippen molar-refractivity contribution in [2.24, 2.45) is 0 Å². The van der Waals surface area contributed by atoms with Crippen LogP contribution >= 0.6 is 0 Å². The van der Waals surface area contributed by atoms with Crippen molar-refractivity contribution in [2.45, 2.75) is 5.41 Å². The minimum Gasteiger partial charge on any atom is -0.311 e. The van der Waals surface area contributed by atoms with Gasteiger partial charge in [0.15, 0.2) is 0 Å². The largest absolute Gasteiger partial charge is 0.311 e. The predicted molar refractivity (Wildman–Crippen MR) is 259 cm³/mol. The van der Waals surface area contributed by atoms with Gasteiger partial charge in [-0.05, 0) is 131 Å². The van der Waals surface area contributed by atoms with Crippen LogP contribution in [0.4, 0.5) is 17.1 Å². The molecule has 0 aliphatic heterocycles. The van der Waals surface area contributed by atoms with Crippen LogP contribution in [-0.4, -0.2) is 0 Å². The molecule has 290 valence electrons. The Morgan fingerprint density at radius 2 is 0.500 bits per heavy atom. The highest BCUT2D eigenvalue weighted by atomic mass is 15.1. The molecule has 0 unspecified atom stereocenters. The van der Waals surface area contributed by atoms with Gasteiger partial charge in [0, 0.05) is 17.1 Å². The van der Waals surface area contributed by atoms with Gasteiger partial charge < -0.3 is 4.90 Å². The molecule has 0 saturated heterocycles. The molecule has 0 aromatic heterocycles. The van der Waals surface area contributed by atoms with Gasteiger partial charge in [-0.2, -0.15) is 0 Å². The van der Waals surface area contributed by atoms with E-state index in [0.29, 0.717) is 0 Å². The van der Waals surface area contributed by atoms with Gasteiger partial charge in [-0.25, -0.2) is 0 Å². The molecule has 0 radical (unpaired) electrons. The Bertz CT molecular complexity index is 3130. The summed E-state index contributed by atoms with van der Waals surface area (Å²) in [7, 11) is 0. The summed E-state index contributed by atoms with van der Waals surface area (Å²) in [5.41, 5.74) is 23.0. The average Bonchev–Trinajstić information content (AvgIpc) is 3.60. The maximum Gasteiger partial charge on any atom is 0.0725 e. The fourth-order valence-electron chi connectivity index (χ4n) is 10.3. The van der Waals surface area contributed by atoms with Crippen LogP contribution < -0.4 is 4.90 Å².